The second-order valence-corrected chi connectivity index (χ2v) is 10.9. The van der Waals surface area contributed by atoms with E-state index in [0.717, 1.165) is 35.2 Å². The summed E-state index contributed by atoms with van der Waals surface area (Å²) in [6, 6.07) is 18.7. The first-order chi connectivity index (χ1) is 19.8. The van der Waals surface area contributed by atoms with Crippen LogP contribution in [0.4, 0.5) is 5.69 Å². The molecule has 2 heterocycles. The van der Waals surface area contributed by atoms with Crippen molar-refractivity contribution in [1.82, 2.24) is 4.90 Å². The van der Waals surface area contributed by atoms with E-state index in [2.05, 4.69) is 26.8 Å². The number of fused-ring (bicyclic) bond motifs is 1. The summed E-state index contributed by atoms with van der Waals surface area (Å²) < 4.78 is 16.4. The number of carboxylic acid groups (broad SMARTS) is 1. The molecule has 0 aliphatic carbocycles. The Morgan fingerprint density at radius 1 is 0.976 bits per heavy atom. The van der Waals surface area contributed by atoms with Gasteiger partial charge in [-0.1, -0.05) is 37.6 Å². The van der Waals surface area contributed by atoms with Crippen molar-refractivity contribution < 1.29 is 28.9 Å². The Morgan fingerprint density at radius 3 is 2.39 bits per heavy atom. The van der Waals surface area contributed by atoms with Gasteiger partial charge < -0.3 is 24.2 Å². The lowest BCUT2D eigenvalue weighted by molar-refractivity contribution is -0.143. The average Bonchev–Trinajstić information content (AvgIpc) is 3.59. The predicted octanol–water partition coefficient (Wildman–Crippen LogP) is 5.72. The topological polar surface area (TPSA) is 88.5 Å². The van der Waals surface area contributed by atoms with E-state index in [1.165, 1.54) is 5.56 Å². The molecule has 0 unspecified atom stereocenters. The maximum absolute atomic E-state index is 14.0. The zero-order chi connectivity index (χ0) is 29.1. The minimum absolute atomic E-state index is 0.0457. The van der Waals surface area contributed by atoms with Crippen LogP contribution >= 0.6 is 0 Å². The van der Waals surface area contributed by atoms with Crippen LogP contribution in [0.5, 0.6) is 17.2 Å². The van der Waals surface area contributed by atoms with Gasteiger partial charge in [-0.3, -0.25) is 14.5 Å². The van der Waals surface area contributed by atoms with Gasteiger partial charge in [0.25, 0.3) is 0 Å². The fraction of sp³-hybridized carbons (Fsp3) is 0.394. The first kappa shape index (κ1) is 28.5. The van der Waals surface area contributed by atoms with Crippen LogP contribution in [0.3, 0.4) is 0 Å². The smallest absolute Gasteiger partial charge is 0.309 e. The molecule has 1 fully saturated rings. The zero-order valence-corrected chi connectivity index (χ0v) is 24.1. The summed E-state index contributed by atoms with van der Waals surface area (Å²) in [7, 11) is 1.60. The molecule has 0 radical (unpaired) electrons. The highest BCUT2D eigenvalue weighted by Crippen LogP contribution is 2.48. The van der Waals surface area contributed by atoms with Crippen LogP contribution in [-0.4, -0.2) is 55.4 Å². The van der Waals surface area contributed by atoms with Crippen molar-refractivity contribution in [3.63, 3.8) is 0 Å². The number of carbonyl (C=O) groups excluding carboxylic acids is 1. The van der Waals surface area contributed by atoms with E-state index < -0.39 is 17.9 Å². The summed E-state index contributed by atoms with van der Waals surface area (Å²) in [6.07, 6.45) is 1.83. The number of ether oxygens (including phenoxy) is 3. The Hall–Kier alpha value is -4.04. The molecule has 216 valence electrons. The molecule has 3 aromatic carbocycles. The summed E-state index contributed by atoms with van der Waals surface area (Å²) >= 11 is 0. The molecular formula is C33H38N2O6. The number of hydrogen-bond acceptors (Lipinski definition) is 6. The van der Waals surface area contributed by atoms with Crippen LogP contribution in [0.25, 0.3) is 0 Å². The molecule has 2 aliphatic rings. The number of aliphatic carboxylic acids is 1. The zero-order valence-electron chi connectivity index (χ0n) is 24.1. The molecule has 1 N–H and O–H groups in total. The van der Waals surface area contributed by atoms with Crippen molar-refractivity contribution in [2.45, 2.75) is 45.6 Å². The van der Waals surface area contributed by atoms with E-state index >= 15 is 0 Å². The molecule has 0 saturated carbocycles. The fourth-order valence-corrected chi connectivity index (χ4v) is 5.94. The Bertz CT molecular complexity index is 1410. The van der Waals surface area contributed by atoms with E-state index in [1.54, 1.807) is 7.11 Å². The molecule has 41 heavy (non-hydrogen) atoms. The first-order valence-electron chi connectivity index (χ1n) is 14.2. The minimum Gasteiger partial charge on any atom is -0.497 e. The van der Waals surface area contributed by atoms with Crippen LogP contribution in [0.2, 0.25) is 0 Å². The number of anilines is 1. The number of carbonyl (C=O) groups is 2. The van der Waals surface area contributed by atoms with E-state index in [0.29, 0.717) is 30.3 Å². The number of carboxylic acids is 1. The Morgan fingerprint density at radius 2 is 1.71 bits per heavy atom. The molecule has 1 saturated heterocycles. The highest BCUT2D eigenvalue weighted by molar-refractivity contribution is 5.95. The highest BCUT2D eigenvalue weighted by Gasteiger charge is 2.48. The van der Waals surface area contributed by atoms with Crippen LogP contribution < -0.4 is 19.1 Å². The second kappa shape index (κ2) is 12.2. The number of rotatable bonds is 10. The summed E-state index contributed by atoms with van der Waals surface area (Å²) in [5.41, 5.74) is 4.86. The van der Waals surface area contributed by atoms with Crippen molar-refractivity contribution in [3.8, 4) is 17.2 Å². The molecule has 2 aliphatic heterocycles. The van der Waals surface area contributed by atoms with Crippen molar-refractivity contribution in [2.24, 2.45) is 5.92 Å². The number of methoxy groups -OCH3 is 1. The van der Waals surface area contributed by atoms with Gasteiger partial charge in [0, 0.05) is 30.7 Å². The molecule has 8 nitrogen and oxygen atoms in total. The fourth-order valence-electron chi connectivity index (χ4n) is 5.94. The van der Waals surface area contributed by atoms with Gasteiger partial charge in [0.1, 0.15) is 5.75 Å². The first-order valence-corrected chi connectivity index (χ1v) is 14.2. The van der Waals surface area contributed by atoms with Gasteiger partial charge in [-0.15, -0.1) is 0 Å². The molecule has 1 amide bonds. The molecule has 0 bridgehead atoms. The van der Waals surface area contributed by atoms with Gasteiger partial charge in [0.2, 0.25) is 12.7 Å². The normalized spacial score (nSPS) is 19.8. The van der Waals surface area contributed by atoms with E-state index in [-0.39, 0.29) is 25.2 Å². The number of likely N-dealkylation sites (tertiary alicyclic amines) is 1. The van der Waals surface area contributed by atoms with Gasteiger partial charge in [-0.25, -0.2) is 0 Å². The van der Waals surface area contributed by atoms with Gasteiger partial charge in [-0.05, 0) is 78.9 Å². The van der Waals surface area contributed by atoms with Gasteiger partial charge in [0.15, 0.2) is 11.5 Å². The SMILES string of the molecule is CCCCN(C(=O)CN1C[C@H](c2ccc3c(c2)OCO3)[C@H](C(=O)O)[C@H]1c1ccc(OC)cc1)c1ccc(C)c(C)c1. The summed E-state index contributed by atoms with van der Waals surface area (Å²) in [5.74, 6) is -0.125. The highest BCUT2D eigenvalue weighted by atomic mass is 16.7. The monoisotopic (exact) mass is 558 g/mol. The lowest BCUT2D eigenvalue weighted by Gasteiger charge is -2.30. The molecule has 3 aromatic rings. The lowest BCUT2D eigenvalue weighted by atomic mass is 9.82. The summed E-state index contributed by atoms with van der Waals surface area (Å²) in [4.78, 5) is 30.8. The number of aryl methyl sites for hydroxylation is 2. The standard InChI is InChI=1S/C33H38N2O6/c1-5-6-15-35(25-11-7-21(2)22(3)16-25)30(36)19-34-18-27(24-10-14-28-29(17-24)41-20-40-28)31(33(37)38)32(34)23-8-12-26(39-4)13-9-23/h7-14,16-17,27,31-32H,5-6,15,18-20H2,1-4H3,(H,37,38)/t27-,31+,32-/m1/s1. The van der Waals surface area contributed by atoms with Gasteiger partial charge >= 0.3 is 5.97 Å². The third kappa shape index (κ3) is 5.88. The van der Waals surface area contributed by atoms with Crippen LogP contribution in [-0.2, 0) is 9.59 Å². The number of hydrogen-bond donors (Lipinski definition) is 1. The quantitative estimate of drug-likeness (QED) is 0.341. The summed E-state index contributed by atoms with van der Waals surface area (Å²) in [5, 5.41) is 10.6. The third-order valence-electron chi connectivity index (χ3n) is 8.34. The molecule has 3 atom stereocenters. The largest absolute Gasteiger partial charge is 0.497 e. The predicted molar refractivity (Wildman–Crippen MR) is 157 cm³/mol. The van der Waals surface area contributed by atoms with E-state index in [1.807, 2.05) is 64.4 Å². The van der Waals surface area contributed by atoms with Gasteiger partial charge in [-0.2, -0.15) is 0 Å². The van der Waals surface area contributed by atoms with Crippen LogP contribution in [0.1, 0.15) is 54.0 Å². The van der Waals surface area contributed by atoms with Crippen LogP contribution in [0.15, 0.2) is 60.7 Å². The summed E-state index contributed by atoms with van der Waals surface area (Å²) in [6.45, 7) is 7.47. The Kier molecular flexibility index (Phi) is 8.49. The molecule has 5 rings (SSSR count). The van der Waals surface area contributed by atoms with Crippen LogP contribution in [0, 0.1) is 19.8 Å². The third-order valence-corrected chi connectivity index (χ3v) is 8.34. The Balaban J connectivity index is 1.51. The maximum Gasteiger partial charge on any atom is 0.309 e. The average molecular weight is 559 g/mol. The minimum atomic E-state index is -0.902. The van der Waals surface area contributed by atoms with E-state index in [4.69, 9.17) is 14.2 Å². The second-order valence-electron chi connectivity index (χ2n) is 10.9. The van der Waals surface area contributed by atoms with Crippen molar-refractivity contribution in [1.29, 1.82) is 0 Å². The number of nitrogens with zero attached hydrogens (tertiary/aromatic N) is 2. The molecule has 0 spiro atoms. The van der Waals surface area contributed by atoms with E-state index in [9.17, 15) is 14.7 Å². The lowest BCUT2D eigenvalue weighted by Crippen LogP contribution is -2.41. The maximum atomic E-state index is 14.0. The van der Waals surface area contributed by atoms with Crippen molar-refractivity contribution >= 4 is 17.6 Å². The molecular weight excluding hydrogens is 520 g/mol. The molecule has 8 heteroatoms. The Labute approximate surface area is 241 Å². The van der Waals surface area contributed by atoms with Gasteiger partial charge in [0.05, 0.1) is 19.6 Å². The number of unbranched alkanes of at least 4 members (excludes halogenated alkanes) is 1. The number of benzene rings is 3. The number of amides is 1. The van der Waals surface area contributed by atoms with Crippen molar-refractivity contribution in [3.05, 3.63) is 82.9 Å². The molecule has 0 aromatic heterocycles. The van der Waals surface area contributed by atoms with Crippen molar-refractivity contribution in [2.75, 3.05) is 38.4 Å².